The van der Waals surface area contributed by atoms with Crippen molar-refractivity contribution >= 4 is 17.7 Å². The van der Waals surface area contributed by atoms with Gasteiger partial charge in [-0.25, -0.2) is 9.78 Å². The summed E-state index contributed by atoms with van der Waals surface area (Å²) in [5.74, 6) is 0.00245. The number of nitrogens with zero attached hydrogens (tertiary/aromatic N) is 2. The molecule has 0 aromatic carbocycles. The van der Waals surface area contributed by atoms with Crippen molar-refractivity contribution in [1.29, 1.82) is 0 Å². The van der Waals surface area contributed by atoms with Gasteiger partial charge < -0.3 is 19.7 Å². The van der Waals surface area contributed by atoms with E-state index in [1.165, 1.54) is 12.3 Å². The van der Waals surface area contributed by atoms with Gasteiger partial charge in [0.25, 0.3) is 5.91 Å². The van der Waals surface area contributed by atoms with E-state index >= 15 is 0 Å². The van der Waals surface area contributed by atoms with E-state index in [9.17, 15) is 9.59 Å². The van der Waals surface area contributed by atoms with E-state index in [4.69, 9.17) is 9.52 Å². The van der Waals surface area contributed by atoms with Crippen molar-refractivity contribution in [2.24, 2.45) is 5.92 Å². The number of hydrogen-bond acceptors (Lipinski definition) is 5. The lowest BCUT2D eigenvalue weighted by Crippen LogP contribution is -2.41. The second kappa shape index (κ2) is 7.16. The van der Waals surface area contributed by atoms with Crippen molar-refractivity contribution in [3.05, 3.63) is 48.0 Å². The number of hydrogen-bond donors (Lipinski definition) is 2. The molecule has 7 heteroatoms. The second-order valence-corrected chi connectivity index (χ2v) is 5.83. The summed E-state index contributed by atoms with van der Waals surface area (Å²) >= 11 is 0. The maximum Gasteiger partial charge on any atom is 0.354 e. The molecule has 3 heterocycles. The Bertz CT molecular complexity index is 714. The Morgan fingerprint density at radius 1 is 1.33 bits per heavy atom. The summed E-state index contributed by atoms with van der Waals surface area (Å²) in [6.07, 6.45) is 3.45. The topological polar surface area (TPSA) is 95.7 Å². The molecule has 24 heavy (non-hydrogen) atoms. The van der Waals surface area contributed by atoms with Gasteiger partial charge >= 0.3 is 5.97 Å². The normalized spacial score (nSPS) is 17.5. The molecule has 0 spiro atoms. The number of piperidine rings is 1. The zero-order chi connectivity index (χ0) is 16.9. The first-order chi connectivity index (χ1) is 11.6. The van der Waals surface area contributed by atoms with Crippen LogP contribution in [0.1, 0.15) is 33.9 Å². The fraction of sp³-hybridized carbons (Fsp3) is 0.353. The van der Waals surface area contributed by atoms with Gasteiger partial charge in [0, 0.05) is 19.6 Å². The molecule has 7 nitrogen and oxygen atoms in total. The van der Waals surface area contributed by atoms with Crippen molar-refractivity contribution in [1.82, 2.24) is 10.3 Å². The van der Waals surface area contributed by atoms with Crippen molar-refractivity contribution in [3.8, 4) is 0 Å². The largest absolute Gasteiger partial charge is 0.477 e. The summed E-state index contributed by atoms with van der Waals surface area (Å²) in [6.45, 7) is 2.11. The highest BCUT2D eigenvalue weighted by Crippen LogP contribution is 2.21. The molecule has 1 unspecified atom stereocenters. The Labute approximate surface area is 139 Å². The molecule has 1 aliphatic rings. The first-order valence-electron chi connectivity index (χ1n) is 7.90. The van der Waals surface area contributed by atoms with Gasteiger partial charge in [-0.05, 0) is 43.0 Å². The highest BCUT2D eigenvalue weighted by atomic mass is 16.4. The van der Waals surface area contributed by atoms with Crippen LogP contribution in [0.4, 0.5) is 5.82 Å². The fourth-order valence-electron chi connectivity index (χ4n) is 2.89. The predicted octanol–water partition coefficient (Wildman–Crippen LogP) is 2.02. The van der Waals surface area contributed by atoms with Gasteiger partial charge in [0.05, 0.1) is 6.26 Å². The predicted molar refractivity (Wildman–Crippen MR) is 87.2 cm³/mol. The Kier molecular flexibility index (Phi) is 4.79. The average Bonchev–Trinajstić information content (AvgIpc) is 3.15. The van der Waals surface area contributed by atoms with Crippen molar-refractivity contribution < 1.29 is 19.1 Å². The molecule has 0 aliphatic carbocycles. The standard InChI is InChI=1S/C17H19N3O4/c21-16(14-6-3-9-24-14)18-10-12-4-2-8-20(11-12)15-7-1-5-13(19-15)17(22)23/h1,3,5-7,9,12H,2,4,8,10-11H2,(H,18,21)(H,22,23). The number of aromatic nitrogens is 1. The molecule has 0 radical (unpaired) electrons. The molecular weight excluding hydrogens is 310 g/mol. The lowest BCUT2D eigenvalue weighted by Gasteiger charge is -2.33. The van der Waals surface area contributed by atoms with Gasteiger partial charge in [0.15, 0.2) is 11.5 Å². The number of rotatable bonds is 5. The first-order valence-corrected chi connectivity index (χ1v) is 7.90. The minimum Gasteiger partial charge on any atom is -0.477 e. The summed E-state index contributed by atoms with van der Waals surface area (Å²) in [7, 11) is 0. The second-order valence-electron chi connectivity index (χ2n) is 5.83. The number of nitrogens with one attached hydrogen (secondary N) is 1. The van der Waals surface area contributed by atoms with Gasteiger partial charge in [0.2, 0.25) is 0 Å². The van der Waals surface area contributed by atoms with E-state index in [0.29, 0.717) is 18.1 Å². The van der Waals surface area contributed by atoms with Crippen LogP contribution in [-0.4, -0.2) is 41.6 Å². The minimum absolute atomic E-state index is 0.0424. The molecule has 3 rings (SSSR count). The molecule has 1 atom stereocenters. The summed E-state index contributed by atoms with van der Waals surface area (Å²) < 4.78 is 5.07. The van der Waals surface area contributed by atoms with Crippen molar-refractivity contribution in [3.63, 3.8) is 0 Å². The maximum atomic E-state index is 11.9. The number of aromatic carboxylic acids is 1. The Morgan fingerprint density at radius 2 is 2.21 bits per heavy atom. The van der Waals surface area contributed by atoms with Crippen LogP contribution in [0.3, 0.4) is 0 Å². The van der Waals surface area contributed by atoms with Crippen LogP contribution in [-0.2, 0) is 0 Å². The van der Waals surface area contributed by atoms with Gasteiger partial charge in [-0.2, -0.15) is 0 Å². The number of anilines is 1. The molecule has 1 saturated heterocycles. The third-order valence-corrected chi connectivity index (χ3v) is 4.09. The molecular formula is C17H19N3O4. The van der Waals surface area contributed by atoms with Crippen LogP contribution in [0.15, 0.2) is 41.0 Å². The van der Waals surface area contributed by atoms with Gasteiger partial charge in [-0.1, -0.05) is 6.07 Å². The van der Waals surface area contributed by atoms with Crippen LogP contribution >= 0.6 is 0 Å². The summed E-state index contributed by atoms with van der Waals surface area (Å²) in [6, 6.07) is 8.31. The van der Waals surface area contributed by atoms with E-state index in [2.05, 4.69) is 15.2 Å². The monoisotopic (exact) mass is 329 g/mol. The number of pyridine rings is 1. The van der Waals surface area contributed by atoms with E-state index in [-0.39, 0.29) is 17.5 Å². The SMILES string of the molecule is O=C(O)c1cccc(N2CCCC(CNC(=O)c3ccco3)C2)n1. The van der Waals surface area contributed by atoms with Crippen LogP contribution in [0.25, 0.3) is 0 Å². The van der Waals surface area contributed by atoms with Crippen LogP contribution in [0.5, 0.6) is 0 Å². The summed E-state index contributed by atoms with van der Waals surface area (Å²) in [5, 5.41) is 11.9. The van der Waals surface area contributed by atoms with Crippen molar-refractivity contribution in [2.75, 3.05) is 24.5 Å². The first kappa shape index (κ1) is 16.0. The molecule has 126 valence electrons. The van der Waals surface area contributed by atoms with E-state index in [1.54, 1.807) is 18.2 Å². The Balaban J connectivity index is 1.59. The lowest BCUT2D eigenvalue weighted by molar-refractivity contribution is 0.0690. The minimum atomic E-state index is -1.03. The highest BCUT2D eigenvalue weighted by Gasteiger charge is 2.22. The molecule has 1 amide bonds. The Hall–Kier alpha value is -2.83. The highest BCUT2D eigenvalue weighted by molar-refractivity contribution is 5.91. The molecule has 1 aliphatic heterocycles. The van der Waals surface area contributed by atoms with Crippen LogP contribution < -0.4 is 10.2 Å². The lowest BCUT2D eigenvalue weighted by atomic mass is 9.98. The van der Waals surface area contributed by atoms with E-state index < -0.39 is 5.97 Å². The van der Waals surface area contributed by atoms with E-state index in [1.807, 2.05) is 6.07 Å². The molecule has 2 aromatic heterocycles. The molecule has 0 bridgehead atoms. The van der Waals surface area contributed by atoms with E-state index in [0.717, 1.165) is 25.9 Å². The van der Waals surface area contributed by atoms with Gasteiger partial charge in [-0.3, -0.25) is 4.79 Å². The smallest absolute Gasteiger partial charge is 0.354 e. The fourth-order valence-corrected chi connectivity index (χ4v) is 2.89. The summed E-state index contributed by atoms with van der Waals surface area (Å²) in [5.41, 5.74) is 0.0424. The number of amides is 1. The molecule has 1 fully saturated rings. The number of carbonyl (C=O) groups excluding carboxylic acids is 1. The number of furan rings is 1. The Morgan fingerprint density at radius 3 is 2.96 bits per heavy atom. The quantitative estimate of drug-likeness (QED) is 0.871. The van der Waals surface area contributed by atoms with Gasteiger partial charge in [0.1, 0.15) is 5.82 Å². The van der Waals surface area contributed by atoms with Crippen LogP contribution in [0, 0.1) is 5.92 Å². The van der Waals surface area contributed by atoms with Gasteiger partial charge in [-0.15, -0.1) is 0 Å². The zero-order valence-corrected chi connectivity index (χ0v) is 13.1. The molecule has 2 aromatic rings. The third kappa shape index (κ3) is 3.73. The number of carboxylic acids is 1. The molecule has 2 N–H and O–H groups in total. The maximum absolute atomic E-state index is 11.9. The number of carboxylic acid groups (broad SMARTS) is 1. The average molecular weight is 329 g/mol. The summed E-state index contributed by atoms with van der Waals surface area (Å²) in [4.78, 5) is 29.2. The van der Waals surface area contributed by atoms with Crippen molar-refractivity contribution in [2.45, 2.75) is 12.8 Å². The zero-order valence-electron chi connectivity index (χ0n) is 13.1. The third-order valence-electron chi connectivity index (χ3n) is 4.09. The van der Waals surface area contributed by atoms with Crippen LogP contribution in [0.2, 0.25) is 0 Å². The number of carbonyl (C=O) groups is 2. The molecule has 0 saturated carbocycles.